The van der Waals surface area contributed by atoms with Crippen LogP contribution in [0.4, 0.5) is 5.69 Å². The molecule has 1 aromatic rings. The van der Waals surface area contributed by atoms with Crippen molar-refractivity contribution in [3.8, 4) is 0 Å². The Balaban J connectivity index is 2.11. The number of nitrogens with one attached hydrogen (secondary N) is 1. The van der Waals surface area contributed by atoms with Gasteiger partial charge >= 0.3 is 0 Å². The molecule has 1 saturated heterocycles. The number of rotatable bonds is 2. The van der Waals surface area contributed by atoms with Crippen molar-refractivity contribution in [3.05, 3.63) is 28.8 Å². The van der Waals surface area contributed by atoms with E-state index in [0.717, 1.165) is 4.90 Å². The lowest BCUT2D eigenvalue weighted by molar-refractivity contribution is -0.137. The van der Waals surface area contributed by atoms with Gasteiger partial charge in [0.05, 0.1) is 17.1 Å². The van der Waals surface area contributed by atoms with Crippen LogP contribution in [-0.2, 0) is 9.59 Å². The molecule has 1 fully saturated rings. The molecule has 100 valence electrons. The van der Waals surface area contributed by atoms with Gasteiger partial charge in [-0.25, -0.2) is 0 Å². The SMILES string of the molecule is CN1C(=O)CC(NC(=O)c2ccc(Cl)c(N)c2)C1=O. The standard InChI is InChI=1S/C12H12ClN3O3/c1-16-10(17)5-9(12(16)19)15-11(18)6-2-3-7(13)8(14)4-6/h2-4,9H,5,14H2,1H3,(H,15,18). The Hall–Kier alpha value is -2.08. The number of halogens is 1. The average Bonchev–Trinajstić information content (AvgIpc) is 2.60. The summed E-state index contributed by atoms with van der Waals surface area (Å²) >= 11 is 5.75. The van der Waals surface area contributed by atoms with Crippen LogP contribution in [0.2, 0.25) is 5.02 Å². The number of nitrogens with two attached hydrogens (primary N) is 1. The third-order valence-corrected chi connectivity index (χ3v) is 3.29. The van der Waals surface area contributed by atoms with Crippen LogP contribution in [0, 0.1) is 0 Å². The molecule has 0 aromatic heterocycles. The average molecular weight is 282 g/mol. The number of nitrogens with zero attached hydrogens (tertiary/aromatic N) is 1. The molecule has 0 radical (unpaired) electrons. The van der Waals surface area contributed by atoms with Crippen LogP contribution >= 0.6 is 11.6 Å². The van der Waals surface area contributed by atoms with Crippen molar-refractivity contribution < 1.29 is 14.4 Å². The summed E-state index contributed by atoms with van der Waals surface area (Å²) in [6.45, 7) is 0. The topological polar surface area (TPSA) is 92.5 Å². The highest BCUT2D eigenvalue weighted by molar-refractivity contribution is 6.33. The molecule has 19 heavy (non-hydrogen) atoms. The molecule has 6 nitrogen and oxygen atoms in total. The van der Waals surface area contributed by atoms with Crippen molar-refractivity contribution in [1.29, 1.82) is 0 Å². The van der Waals surface area contributed by atoms with Crippen LogP contribution in [0.5, 0.6) is 0 Å². The molecule has 2 rings (SSSR count). The van der Waals surface area contributed by atoms with Crippen molar-refractivity contribution in [3.63, 3.8) is 0 Å². The molecule has 0 aliphatic carbocycles. The van der Waals surface area contributed by atoms with Gasteiger partial charge in [-0.2, -0.15) is 0 Å². The highest BCUT2D eigenvalue weighted by Crippen LogP contribution is 2.20. The maximum absolute atomic E-state index is 11.9. The zero-order valence-electron chi connectivity index (χ0n) is 10.1. The number of benzene rings is 1. The van der Waals surface area contributed by atoms with E-state index in [1.54, 1.807) is 0 Å². The lowest BCUT2D eigenvalue weighted by Gasteiger charge is -2.11. The number of nitrogen functional groups attached to an aromatic ring is 1. The molecule has 0 bridgehead atoms. The molecule has 0 spiro atoms. The van der Waals surface area contributed by atoms with Gasteiger partial charge in [0.25, 0.3) is 11.8 Å². The van der Waals surface area contributed by atoms with Gasteiger partial charge in [0.15, 0.2) is 0 Å². The third kappa shape index (κ3) is 2.53. The zero-order chi connectivity index (χ0) is 14.2. The minimum absolute atomic E-state index is 0.0237. The van der Waals surface area contributed by atoms with Gasteiger partial charge in [-0.05, 0) is 18.2 Å². The first-order valence-corrected chi connectivity index (χ1v) is 5.94. The van der Waals surface area contributed by atoms with Crippen molar-refractivity contribution in [1.82, 2.24) is 10.2 Å². The maximum Gasteiger partial charge on any atom is 0.252 e. The first-order chi connectivity index (χ1) is 8.90. The Morgan fingerprint density at radius 3 is 2.68 bits per heavy atom. The fourth-order valence-corrected chi connectivity index (χ4v) is 1.91. The zero-order valence-corrected chi connectivity index (χ0v) is 10.9. The number of imide groups is 1. The molecule has 1 unspecified atom stereocenters. The van der Waals surface area contributed by atoms with Gasteiger partial charge in [-0.15, -0.1) is 0 Å². The highest BCUT2D eigenvalue weighted by Gasteiger charge is 2.37. The minimum atomic E-state index is -0.818. The third-order valence-electron chi connectivity index (χ3n) is 2.95. The lowest BCUT2D eigenvalue weighted by Crippen LogP contribution is -2.40. The van der Waals surface area contributed by atoms with Crippen molar-refractivity contribution in [2.45, 2.75) is 12.5 Å². The van der Waals surface area contributed by atoms with Gasteiger partial charge in [0, 0.05) is 12.6 Å². The molecular weight excluding hydrogens is 270 g/mol. The van der Waals surface area contributed by atoms with Gasteiger partial charge < -0.3 is 11.1 Å². The summed E-state index contributed by atoms with van der Waals surface area (Å²) in [6, 6.07) is 3.60. The van der Waals surface area contributed by atoms with Gasteiger partial charge in [0.2, 0.25) is 5.91 Å². The number of likely N-dealkylation sites (N-methyl/N-ethyl adjacent to an activating group) is 1. The molecule has 1 atom stereocenters. The van der Waals surface area contributed by atoms with Crippen LogP contribution in [0.15, 0.2) is 18.2 Å². The van der Waals surface area contributed by atoms with E-state index in [1.165, 1.54) is 25.2 Å². The normalized spacial score (nSPS) is 18.8. The van der Waals surface area contributed by atoms with E-state index in [2.05, 4.69) is 5.32 Å². The Kier molecular flexibility index (Phi) is 3.44. The summed E-state index contributed by atoms with van der Waals surface area (Å²) in [5.41, 5.74) is 6.16. The number of hydrogen-bond acceptors (Lipinski definition) is 4. The predicted octanol–water partition coefficient (Wildman–Crippen LogP) is 0.409. The van der Waals surface area contributed by atoms with Gasteiger partial charge in [-0.1, -0.05) is 11.6 Å². The highest BCUT2D eigenvalue weighted by atomic mass is 35.5. The van der Waals surface area contributed by atoms with Crippen LogP contribution in [0.25, 0.3) is 0 Å². The number of carbonyl (C=O) groups excluding carboxylic acids is 3. The number of amides is 3. The molecule has 1 aliphatic heterocycles. The number of likely N-dealkylation sites (tertiary alicyclic amines) is 1. The second-order valence-electron chi connectivity index (χ2n) is 4.26. The first-order valence-electron chi connectivity index (χ1n) is 5.56. The molecule has 3 amide bonds. The number of anilines is 1. The number of hydrogen-bond donors (Lipinski definition) is 2. The van der Waals surface area contributed by atoms with E-state index in [0.29, 0.717) is 5.02 Å². The Bertz CT molecular complexity index is 573. The molecule has 7 heteroatoms. The maximum atomic E-state index is 11.9. The molecule has 1 aliphatic rings. The van der Waals surface area contributed by atoms with Crippen molar-refractivity contribution in [2.24, 2.45) is 0 Å². The van der Waals surface area contributed by atoms with Crippen LogP contribution in [0.3, 0.4) is 0 Å². The summed E-state index contributed by atoms with van der Waals surface area (Å²) in [5.74, 6) is -1.20. The van der Waals surface area contributed by atoms with Crippen LogP contribution < -0.4 is 11.1 Å². The Morgan fingerprint density at radius 2 is 2.16 bits per heavy atom. The Labute approximate surface area is 114 Å². The largest absolute Gasteiger partial charge is 0.398 e. The monoisotopic (exact) mass is 281 g/mol. The first kappa shape index (κ1) is 13.4. The molecular formula is C12H12ClN3O3. The fourth-order valence-electron chi connectivity index (χ4n) is 1.79. The molecule has 3 N–H and O–H groups in total. The Morgan fingerprint density at radius 1 is 1.47 bits per heavy atom. The summed E-state index contributed by atoms with van der Waals surface area (Å²) < 4.78 is 0. The van der Waals surface area contributed by atoms with Gasteiger partial charge in [0.1, 0.15) is 6.04 Å². The second kappa shape index (κ2) is 4.89. The lowest BCUT2D eigenvalue weighted by atomic mass is 10.1. The van der Waals surface area contributed by atoms with E-state index in [9.17, 15) is 14.4 Å². The van der Waals surface area contributed by atoms with Crippen LogP contribution in [-0.4, -0.2) is 35.7 Å². The van der Waals surface area contributed by atoms with Gasteiger partial charge in [-0.3, -0.25) is 19.3 Å². The smallest absolute Gasteiger partial charge is 0.252 e. The second-order valence-corrected chi connectivity index (χ2v) is 4.66. The predicted molar refractivity (Wildman–Crippen MR) is 69.5 cm³/mol. The summed E-state index contributed by atoms with van der Waals surface area (Å²) in [7, 11) is 1.39. The molecule has 0 saturated carbocycles. The van der Waals surface area contributed by atoms with E-state index in [-0.39, 0.29) is 23.6 Å². The van der Waals surface area contributed by atoms with E-state index in [4.69, 9.17) is 17.3 Å². The van der Waals surface area contributed by atoms with Crippen LogP contribution in [0.1, 0.15) is 16.8 Å². The summed E-state index contributed by atoms with van der Waals surface area (Å²) in [6.07, 6.45) is -0.0237. The summed E-state index contributed by atoms with van der Waals surface area (Å²) in [5, 5.41) is 2.85. The van der Waals surface area contributed by atoms with E-state index >= 15 is 0 Å². The quantitative estimate of drug-likeness (QED) is 0.606. The van der Waals surface area contributed by atoms with Crippen molar-refractivity contribution in [2.75, 3.05) is 12.8 Å². The minimum Gasteiger partial charge on any atom is -0.398 e. The van der Waals surface area contributed by atoms with E-state index < -0.39 is 17.9 Å². The molecule has 1 aromatic carbocycles. The van der Waals surface area contributed by atoms with Crippen molar-refractivity contribution >= 4 is 35.0 Å². The summed E-state index contributed by atoms with van der Waals surface area (Å²) in [4.78, 5) is 35.9. The van der Waals surface area contributed by atoms with E-state index in [1.807, 2.05) is 0 Å². The fraction of sp³-hybridized carbons (Fsp3) is 0.250. The molecule has 1 heterocycles. The number of carbonyl (C=O) groups is 3.